The number of carbonyl (C=O) groups is 2. The maximum atomic E-state index is 12.8. The lowest BCUT2D eigenvalue weighted by Gasteiger charge is -2.25. The molecule has 1 saturated carbocycles. The van der Waals surface area contributed by atoms with E-state index >= 15 is 0 Å². The Labute approximate surface area is 129 Å². The Bertz CT molecular complexity index is 616. The number of hydrogen-bond donors (Lipinski definition) is 1. The molecule has 0 radical (unpaired) electrons. The van der Waals surface area contributed by atoms with Crippen molar-refractivity contribution in [3.8, 4) is 5.88 Å². The van der Waals surface area contributed by atoms with Crippen molar-refractivity contribution in [2.24, 2.45) is 11.8 Å². The molecule has 1 aliphatic carbocycles. The van der Waals surface area contributed by atoms with Gasteiger partial charge >= 0.3 is 5.97 Å². The molecule has 2 fully saturated rings. The van der Waals surface area contributed by atoms with Crippen molar-refractivity contribution in [3.63, 3.8) is 0 Å². The van der Waals surface area contributed by atoms with Crippen LogP contribution in [0.4, 0.5) is 0 Å². The number of pyridine rings is 1. The smallest absolute Gasteiger partial charge is 0.326 e. The summed E-state index contributed by atoms with van der Waals surface area (Å²) in [7, 11) is 1.46. The Morgan fingerprint density at radius 1 is 1.36 bits per heavy atom. The summed E-state index contributed by atoms with van der Waals surface area (Å²) in [6.07, 6.45) is 2.94. The summed E-state index contributed by atoms with van der Waals surface area (Å²) in [4.78, 5) is 30.2. The lowest BCUT2D eigenvalue weighted by Crippen LogP contribution is -2.43. The number of carboxylic acid groups (broad SMARTS) is 1. The minimum absolute atomic E-state index is 0.0749. The Hall–Kier alpha value is -2.11. The average molecular weight is 304 g/mol. The largest absolute Gasteiger partial charge is 0.480 e. The van der Waals surface area contributed by atoms with Gasteiger partial charge in [-0.05, 0) is 43.7 Å². The zero-order valence-electron chi connectivity index (χ0n) is 12.8. The van der Waals surface area contributed by atoms with Gasteiger partial charge in [-0.3, -0.25) is 4.79 Å². The van der Waals surface area contributed by atoms with Gasteiger partial charge in [0.05, 0.1) is 7.11 Å². The summed E-state index contributed by atoms with van der Waals surface area (Å²) in [6, 6.07) is 2.67. The molecule has 1 aromatic rings. The first kappa shape index (κ1) is 14.8. The van der Waals surface area contributed by atoms with Gasteiger partial charge in [0.25, 0.3) is 5.91 Å². The number of aromatic nitrogens is 1. The molecule has 6 heteroatoms. The zero-order valence-corrected chi connectivity index (χ0v) is 12.8. The average Bonchev–Trinajstić information content (AvgIpc) is 3.06. The van der Waals surface area contributed by atoms with E-state index in [4.69, 9.17) is 4.74 Å². The van der Waals surface area contributed by atoms with Crippen LogP contribution >= 0.6 is 0 Å². The molecule has 0 spiro atoms. The number of ether oxygens (including phenoxy) is 1. The van der Waals surface area contributed by atoms with Gasteiger partial charge in [-0.2, -0.15) is 0 Å². The lowest BCUT2D eigenvalue weighted by atomic mass is 9.94. The Morgan fingerprint density at radius 3 is 2.82 bits per heavy atom. The van der Waals surface area contributed by atoms with E-state index in [2.05, 4.69) is 4.98 Å². The van der Waals surface area contributed by atoms with Gasteiger partial charge in [-0.25, -0.2) is 9.78 Å². The first-order valence-electron chi connectivity index (χ1n) is 7.58. The predicted molar refractivity (Wildman–Crippen MR) is 78.8 cm³/mol. The second-order valence-corrected chi connectivity index (χ2v) is 6.10. The third kappa shape index (κ3) is 2.32. The van der Waals surface area contributed by atoms with Crippen LogP contribution < -0.4 is 4.74 Å². The van der Waals surface area contributed by atoms with Crippen molar-refractivity contribution >= 4 is 11.9 Å². The Morgan fingerprint density at radius 2 is 2.14 bits per heavy atom. The molecule has 1 N–H and O–H groups in total. The van der Waals surface area contributed by atoms with Crippen molar-refractivity contribution in [1.29, 1.82) is 0 Å². The molecule has 2 heterocycles. The number of likely N-dealkylation sites (tertiary alicyclic amines) is 1. The highest BCUT2D eigenvalue weighted by Crippen LogP contribution is 2.43. The molecular weight excluding hydrogens is 284 g/mol. The number of nitrogens with zero attached hydrogens (tertiary/aromatic N) is 2. The molecule has 22 heavy (non-hydrogen) atoms. The standard InChI is InChI=1S/C16H20N2O4/c1-9-6-7-12(14(17-9)22-2)15(19)18-8-10-4-3-5-11(10)13(18)16(20)21/h6-7,10-11,13H,3-5,8H2,1-2H3,(H,20,21)/t10-,11-,13+/m0/s1. The molecule has 1 saturated heterocycles. The number of amides is 1. The van der Waals surface area contributed by atoms with E-state index in [0.29, 0.717) is 18.0 Å². The normalized spacial score (nSPS) is 26.8. The van der Waals surface area contributed by atoms with E-state index in [0.717, 1.165) is 25.0 Å². The van der Waals surface area contributed by atoms with Crippen LogP contribution in [0, 0.1) is 18.8 Å². The fourth-order valence-electron chi connectivity index (χ4n) is 3.84. The monoisotopic (exact) mass is 304 g/mol. The maximum Gasteiger partial charge on any atom is 0.326 e. The van der Waals surface area contributed by atoms with E-state index in [-0.39, 0.29) is 17.7 Å². The van der Waals surface area contributed by atoms with E-state index in [9.17, 15) is 14.7 Å². The highest BCUT2D eigenvalue weighted by molar-refractivity contribution is 5.99. The van der Waals surface area contributed by atoms with E-state index in [1.165, 1.54) is 12.0 Å². The quantitative estimate of drug-likeness (QED) is 0.920. The summed E-state index contributed by atoms with van der Waals surface area (Å²) < 4.78 is 5.19. The highest BCUT2D eigenvalue weighted by Gasteiger charge is 2.49. The van der Waals surface area contributed by atoms with E-state index in [1.807, 2.05) is 6.92 Å². The van der Waals surface area contributed by atoms with Gasteiger partial charge in [-0.15, -0.1) is 0 Å². The highest BCUT2D eigenvalue weighted by atomic mass is 16.5. The molecule has 0 aromatic carbocycles. The van der Waals surface area contributed by atoms with Crippen LogP contribution in [0.25, 0.3) is 0 Å². The minimum Gasteiger partial charge on any atom is -0.480 e. The van der Waals surface area contributed by atoms with Crippen molar-refractivity contribution in [2.75, 3.05) is 13.7 Å². The van der Waals surface area contributed by atoms with Crippen LogP contribution in [0.5, 0.6) is 5.88 Å². The number of hydrogen-bond acceptors (Lipinski definition) is 4. The predicted octanol–water partition coefficient (Wildman–Crippen LogP) is 1.72. The number of aliphatic carboxylic acids is 1. The van der Waals surface area contributed by atoms with Crippen molar-refractivity contribution in [3.05, 3.63) is 23.4 Å². The molecular formula is C16H20N2O4. The van der Waals surface area contributed by atoms with Crippen molar-refractivity contribution in [2.45, 2.75) is 32.2 Å². The SMILES string of the molecule is COc1nc(C)ccc1C(=O)N1C[C@@H]2CCC[C@@H]2[C@@H]1C(=O)O. The summed E-state index contributed by atoms with van der Waals surface area (Å²) >= 11 is 0. The van der Waals surface area contributed by atoms with Gasteiger partial charge in [-0.1, -0.05) is 6.42 Å². The molecule has 3 atom stereocenters. The van der Waals surface area contributed by atoms with Crippen LogP contribution in [-0.4, -0.2) is 46.6 Å². The third-order valence-electron chi connectivity index (χ3n) is 4.83. The van der Waals surface area contributed by atoms with Crippen LogP contribution in [0.1, 0.15) is 35.3 Å². The van der Waals surface area contributed by atoms with Gasteiger partial charge < -0.3 is 14.7 Å². The number of fused-ring (bicyclic) bond motifs is 1. The summed E-state index contributed by atoms with van der Waals surface area (Å²) in [5.41, 5.74) is 1.08. The molecule has 2 aliphatic rings. The second kappa shape index (κ2) is 5.59. The van der Waals surface area contributed by atoms with Crippen molar-refractivity contribution in [1.82, 2.24) is 9.88 Å². The van der Waals surface area contributed by atoms with E-state index in [1.54, 1.807) is 12.1 Å². The molecule has 0 unspecified atom stereocenters. The first-order valence-corrected chi connectivity index (χ1v) is 7.58. The molecule has 0 bridgehead atoms. The maximum absolute atomic E-state index is 12.8. The molecule has 3 rings (SSSR count). The summed E-state index contributed by atoms with van der Waals surface area (Å²) in [6.45, 7) is 2.33. The molecule has 6 nitrogen and oxygen atoms in total. The number of carboxylic acids is 1. The number of methoxy groups -OCH3 is 1. The molecule has 1 aliphatic heterocycles. The summed E-state index contributed by atoms with van der Waals surface area (Å²) in [5, 5.41) is 9.56. The fraction of sp³-hybridized carbons (Fsp3) is 0.562. The summed E-state index contributed by atoms with van der Waals surface area (Å²) in [5.74, 6) is -0.584. The Kier molecular flexibility index (Phi) is 3.76. The van der Waals surface area contributed by atoms with Crippen molar-refractivity contribution < 1.29 is 19.4 Å². The minimum atomic E-state index is -0.915. The number of carbonyl (C=O) groups excluding carboxylic acids is 1. The number of aryl methyl sites for hydroxylation is 1. The topological polar surface area (TPSA) is 79.7 Å². The van der Waals surface area contributed by atoms with Gasteiger partial charge in [0.15, 0.2) is 0 Å². The molecule has 1 aromatic heterocycles. The third-order valence-corrected chi connectivity index (χ3v) is 4.83. The lowest BCUT2D eigenvalue weighted by molar-refractivity contribution is -0.142. The Balaban J connectivity index is 1.93. The fourth-order valence-corrected chi connectivity index (χ4v) is 3.84. The van der Waals surface area contributed by atoms with Crippen LogP contribution in [0.3, 0.4) is 0 Å². The molecule has 118 valence electrons. The van der Waals surface area contributed by atoms with Gasteiger partial charge in [0.1, 0.15) is 11.6 Å². The van der Waals surface area contributed by atoms with E-state index < -0.39 is 12.0 Å². The van der Waals surface area contributed by atoms with Crippen LogP contribution in [0.15, 0.2) is 12.1 Å². The van der Waals surface area contributed by atoms with Gasteiger partial charge in [0, 0.05) is 12.2 Å². The zero-order chi connectivity index (χ0) is 15.9. The second-order valence-electron chi connectivity index (χ2n) is 6.10. The van der Waals surface area contributed by atoms with Gasteiger partial charge in [0.2, 0.25) is 5.88 Å². The van der Waals surface area contributed by atoms with Crippen LogP contribution in [-0.2, 0) is 4.79 Å². The number of rotatable bonds is 3. The first-order chi connectivity index (χ1) is 10.5. The molecule has 1 amide bonds. The van der Waals surface area contributed by atoms with Crippen LogP contribution in [0.2, 0.25) is 0 Å².